The lowest BCUT2D eigenvalue weighted by Gasteiger charge is -2.19. The lowest BCUT2D eigenvalue weighted by molar-refractivity contribution is -0.155. The Morgan fingerprint density at radius 3 is 2.55 bits per heavy atom. The lowest BCUT2D eigenvalue weighted by Crippen LogP contribution is -2.26. The van der Waals surface area contributed by atoms with Crippen molar-refractivity contribution < 1.29 is 14.3 Å². The first-order valence-electron chi connectivity index (χ1n) is 10.2. The molecule has 1 aromatic carbocycles. The third-order valence-corrected chi connectivity index (χ3v) is 4.84. The Bertz CT molecular complexity index is 1310. The molecule has 0 bridgehead atoms. The average Bonchev–Trinajstić information content (AvgIpc) is 3.26. The largest absolute Gasteiger partial charge is 0.459 e. The summed E-state index contributed by atoms with van der Waals surface area (Å²) in [5.41, 5.74) is 3.94. The number of hydrogen-bond donors (Lipinski definition) is 0. The quantitative estimate of drug-likeness (QED) is 0.360. The van der Waals surface area contributed by atoms with Gasteiger partial charge in [0.2, 0.25) is 0 Å². The maximum Gasteiger partial charge on any atom is 0.328 e. The summed E-state index contributed by atoms with van der Waals surface area (Å²) in [6.45, 7) is 8.89. The van der Waals surface area contributed by atoms with Gasteiger partial charge in [0, 0.05) is 36.3 Å². The zero-order chi connectivity index (χ0) is 22.3. The number of benzene rings is 1. The first-order valence-corrected chi connectivity index (χ1v) is 10.2. The van der Waals surface area contributed by atoms with E-state index in [2.05, 4.69) is 22.1 Å². The van der Waals surface area contributed by atoms with E-state index in [9.17, 15) is 9.59 Å². The van der Waals surface area contributed by atoms with Crippen LogP contribution < -0.4 is 0 Å². The number of hydrogen-bond acceptors (Lipinski definition) is 6. The van der Waals surface area contributed by atoms with Gasteiger partial charge in [-0.25, -0.2) is 9.50 Å². The van der Waals surface area contributed by atoms with Gasteiger partial charge in [0.15, 0.2) is 11.4 Å². The number of ether oxygens (including phenoxy) is 1. The lowest BCUT2D eigenvalue weighted by atomic mass is 10.0. The normalized spacial score (nSPS) is 11.9. The number of fused-ring (bicyclic) bond motifs is 2. The minimum Gasteiger partial charge on any atom is -0.459 e. The van der Waals surface area contributed by atoms with E-state index in [4.69, 9.17) is 4.74 Å². The van der Waals surface area contributed by atoms with Gasteiger partial charge in [-0.2, -0.15) is 10.2 Å². The molecular formula is C23H25N5O3. The molecule has 0 saturated heterocycles. The van der Waals surface area contributed by atoms with E-state index in [1.165, 1.54) is 11.6 Å². The third-order valence-electron chi connectivity index (χ3n) is 4.84. The summed E-state index contributed by atoms with van der Waals surface area (Å²) in [4.78, 5) is 29.0. The van der Waals surface area contributed by atoms with Crippen LogP contribution in [0.2, 0.25) is 0 Å². The predicted octanol–water partition coefficient (Wildman–Crippen LogP) is 3.85. The van der Waals surface area contributed by atoms with Crippen LogP contribution in [0.5, 0.6) is 0 Å². The molecule has 0 unspecified atom stereocenters. The number of esters is 1. The van der Waals surface area contributed by atoms with Crippen molar-refractivity contribution in [2.24, 2.45) is 0 Å². The topological polar surface area (TPSA) is 91.4 Å². The standard InChI is InChI=1S/C23H25N5O3/c1-6-17-10-20-24-11-16(12-28(20)25-17)15-7-8-19-18(9-15)22(14(2)29)26-27(19)13-21(30)31-23(3,4)5/h7-12H,6,13H2,1-5H3. The van der Waals surface area contributed by atoms with Crippen molar-refractivity contribution in [3.8, 4) is 11.1 Å². The molecule has 0 atom stereocenters. The van der Waals surface area contributed by atoms with Gasteiger partial charge in [-0.05, 0) is 44.9 Å². The number of ketones is 1. The minimum atomic E-state index is -0.591. The fourth-order valence-electron chi connectivity index (χ4n) is 3.48. The molecule has 0 spiro atoms. The van der Waals surface area contributed by atoms with Gasteiger partial charge in [-0.3, -0.25) is 14.3 Å². The molecule has 0 radical (unpaired) electrons. The Kier molecular flexibility index (Phi) is 5.08. The number of carbonyl (C=O) groups excluding carboxylic acids is 2. The van der Waals surface area contributed by atoms with Gasteiger partial charge in [-0.1, -0.05) is 13.0 Å². The van der Waals surface area contributed by atoms with Gasteiger partial charge < -0.3 is 4.74 Å². The SMILES string of the molecule is CCc1cc2ncc(-c3ccc4c(c3)c(C(C)=O)nn4CC(=O)OC(C)(C)C)cn2n1. The van der Waals surface area contributed by atoms with E-state index in [-0.39, 0.29) is 12.3 Å². The van der Waals surface area contributed by atoms with Crippen molar-refractivity contribution in [2.45, 2.75) is 53.2 Å². The zero-order valence-electron chi connectivity index (χ0n) is 18.3. The van der Waals surface area contributed by atoms with E-state index in [1.54, 1.807) is 10.7 Å². The van der Waals surface area contributed by atoms with Crippen molar-refractivity contribution in [1.82, 2.24) is 24.4 Å². The van der Waals surface area contributed by atoms with Crippen LogP contribution in [0, 0.1) is 0 Å². The summed E-state index contributed by atoms with van der Waals surface area (Å²) in [5.74, 6) is -0.575. The second-order valence-corrected chi connectivity index (χ2v) is 8.52. The first-order chi connectivity index (χ1) is 14.6. The van der Waals surface area contributed by atoms with Crippen molar-refractivity contribution in [3.63, 3.8) is 0 Å². The van der Waals surface area contributed by atoms with Crippen LogP contribution in [0.1, 0.15) is 50.8 Å². The van der Waals surface area contributed by atoms with E-state index in [0.717, 1.165) is 28.9 Å². The molecule has 0 fully saturated rings. The van der Waals surface area contributed by atoms with Gasteiger partial charge in [0.1, 0.15) is 17.8 Å². The molecule has 4 aromatic rings. The molecule has 0 aliphatic carbocycles. The maximum absolute atomic E-state index is 12.3. The van der Waals surface area contributed by atoms with Gasteiger partial charge in [-0.15, -0.1) is 0 Å². The average molecular weight is 419 g/mol. The van der Waals surface area contributed by atoms with Crippen molar-refractivity contribution in [1.29, 1.82) is 0 Å². The van der Waals surface area contributed by atoms with E-state index < -0.39 is 11.6 Å². The van der Waals surface area contributed by atoms with Gasteiger partial charge in [0.05, 0.1) is 11.2 Å². The molecule has 0 N–H and O–H groups in total. The van der Waals surface area contributed by atoms with E-state index >= 15 is 0 Å². The molecule has 8 nitrogen and oxygen atoms in total. The molecule has 31 heavy (non-hydrogen) atoms. The molecule has 0 aliphatic rings. The van der Waals surface area contributed by atoms with Crippen LogP contribution >= 0.6 is 0 Å². The smallest absolute Gasteiger partial charge is 0.328 e. The molecule has 0 aliphatic heterocycles. The maximum atomic E-state index is 12.3. The van der Waals surface area contributed by atoms with Crippen LogP contribution in [0.4, 0.5) is 0 Å². The number of aryl methyl sites for hydroxylation is 1. The monoisotopic (exact) mass is 419 g/mol. The van der Waals surface area contributed by atoms with Crippen molar-refractivity contribution in [2.75, 3.05) is 0 Å². The highest BCUT2D eigenvalue weighted by Crippen LogP contribution is 2.27. The van der Waals surface area contributed by atoms with Crippen LogP contribution in [-0.4, -0.2) is 41.7 Å². The summed E-state index contributed by atoms with van der Waals surface area (Å²) in [7, 11) is 0. The molecule has 0 amide bonds. The van der Waals surface area contributed by atoms with Gasteiger partial charge in [0.25, 0.3) is 0 Å². The summed E-state index contributed by atoms with van der Waals surface area (Å²) < 4.78 is 8.68. The third kappa shape index (κ3) is 4.19. The van der Waals surface area contributed by atoms with Crippen LogP contribution in [0.25, 0.3) is 27.7 Å². The summed E-state index contributed by atoms with van der Waals surface area (Å²) in [6.07, 6.45) is 4.54. The zero-order valence-corrected chi connectivity index (χ0v) is 18.3. The second-order valence-electron chi connectivity index (χ2n) is 8.52. The second kappa shape index (κ2) is 7.61. The number of carbonyl (C=O) groups is 2. The van der Waals surface area contributed by atoms with Crippen molar-refractivity contribution >= 4 is 28.3 Å². The Morgan fingerprint density at radius 2 is 1.87 bits per heavy atom. The molecule has 3 aromatic heterocycles. The highest BCUT2D eigenvalue weighted by molar-refractivity contribution is 6.06. The Labute approximate surface area is 179 Å². The van der Waals surface area contributed by atoms with Crippen LogP contribution in [0.15, 0.2) is 36.7 Å². The summed E-state index contributed by atoms with van der Waals surface area (Å²) >= 11 is 0. The Balaban J connectivity index is 1.75. The fourth-order valence-corrected chi connectivity index (χ4v) is 3.48. The van der Waals surface area contributed by atoms with Crippen LogP contribution in [-0.2, 0) is 22.5 Å². The Hall–Kier alpha value is -3.55. The Morgan fingerprint density at radius 1 is 1.10 bits per heavy atom. The fraction of sp³-hybridized carbons (Fsp3) is 0.348. The molecule has 160 valence electrons. The highest BCUT2D eigenvalue weighted by atomic mass is 16.6. The molecule has 8 heteroatoms. The molecule has 0 saturated carbocycles. The predicted molar refractivity (Wildman–Crippen MR) is 117 cm³/mol. The van der Waals surface area contributed by atoms with Crippen LogP contribution in [0.3, 0.4) is 0 Å². The number of aromatic nitrogens is 5. The number of nitrogens with zero attached hydrogens (tertiary/aromatic N) is 5. The van der Waals surface area contributed by atoms with Gasteiger partial charge >= 0.3 is 5.97 Å². The highest BCUT2D eigenvalue weighted by Gasteiger charge is 2.20. The molecular weight excluding hydrogens is 394 g/mol. The van der Waals surface area contributed by atoms with E-state index in [0.29, 0.717) is 16.6 Å². The summed E-state index contributed by atoms with van der Waals surface area (Å²) in [5, 5.41) is 9.60. The van der Waals surface area contributed by atoms with E-state index in [1.807, 2.05) is 51.2 Å². The van der Waals surface area contributed by atoms with Crippen molar-refractivity contribution in [3.05, 3.63) is 48.0 Å². The molecule has 3 heterocycles. The number of Topliss-reactive ketones (excluding diaryl/α,β-unsaturated/α-hetero) is 1. The number of rotatable bonds is 5. The molecule has 4 rings (SSSR count). The minimum absolute atomic E-state index is 0.0685. The first kappa shape index (κ1) is 20.7. The summed E-state index contributed by atoms with van der Waals surface area (Å²) in [6, 6.07) is 7.64.